The first kappa shape index (κ1) is 13.7. The Bertz CT molecular complexity index is 459. The highest BCUT2D eigenvalue weighted by atomic mass is 16.5. The van der Waals surface area contributed by atoms with Gasteiger partial charge < -0.3 is 14.8 Å². The Hall–Kier alpha value is -1.71. The van der Waals surface area contributed by atoms with Crippen molar-refractivity contribution >= 4 is 5.91 Å². The predicted octanol–water partition coefficient (Wildman–Crippen LogP) is 2.33. The van der Waals surface area contributed by atoms with Crippen LogP contribution in [0.4, 0.5) is 0 Å². The second-order valence-corrected chi connectivity index (χ2v) is 4.90. The van der Waals surface area contributed by atoms with Gasteiger partial charge in [0.25, 0.3) is 0 Å². The third-order valence-corrected chi connectivity index (χ3v) is 3.83. The zero-order chi connectivity index (χ0) is 13.8. The highest BCUT2D eigenvalue weighted by molar-refractivity contribution is 5.79. The van der Waals surface area contributed by atoms with E-state index < -0.39 is 0 Å². The number of methoxy groups -OCH3 is 2. The highest BCUT2D eigenvalue weighted by Crippen LogP contribution is 2.34. The summed E-state index contributed by atoms with van der Waals surface area (Å²) in [5.74, 6) is 2.12. The van der Waals surface area contributed by atoms with Crippen LogP contribution in [0.15, 0.2) is 18.2 Å². The molecule has 1 fully saturated rings. The second-order valence-electron chi connectivity index (χ2n) is 4.90. The summed E-state index contributed by atoms with van der Waals surface area (Å²) < 4.78 is 10.6. The van der Waals surface area contributed by atoms with Crippen LogP contribution in [-0.4, -0.2) is 26.7 Å². The van der Waals surface area contributed by atoms with Crippen molar-refractivity contribution in [2.24, 2.45) is 5.92 Å². The van der Waals surface area contributed by atoms with Gasteiger partial charge in [-0.25, -0.2) is 0 Å². The van der Waals surface area contributed by atoms with Crippen molar-refractivity contribution in [3.8, 4) is 11.5 Å². The van der Waals surface area contributed by atoms with Crippen molar-refractivity contribution in [3.05, 3.63) is 23.8 Å². The minimum absolute atomic E-state index is 0.117. The van der Waals surface area contributed by atoms with Gasteiger partial charge in [0.1, 0.15) is 0 Å². The number of ether oxygens (including phenoxy) is 2. The van der Waals surface area contributed by atoms with Crippen LogP contribution >= 0.6 is 0 Å². The average Bonchev–Trinajstić information content (AvgIpc) is 2.47. The van der Waals surface area contributed by atoms with Crippen LogP contribution in [-0.2, 0) is 4.79 Å². The number of benzene rings is 1. The van der Waals surface area contributed by atoms with E-state index in [0.29, 0.717) is 12.5 Å². The lowest BCUT2D eigenvalue weighted by molar-refractivity contribution is -0.127. The zero-order valence-electron chi connectivity index (χ0n) is 11.7. The summed E-state index contributed by atoms with van der Waals surface area (Å²) in [5, 5.41) is 2.99. The van der Waals surface area contributed by atoms with Crippen LogP contribution < -0.4 is 14.8 Å². The van der Waals surface area contributed by atoms with Crippen LogP contribution in [0, 0.1) is 5.92 Å². The molecule has 1 aromatic rings. The van der Waals surface area contributed by atoms with Crippen molar-refractivity contribution in [2.45, 2.75) is 25.7 Å². The number of piperidine rings is 1. The molecule has 0 spiro atoms. The Labute approximate surface area is 114 Å². The number of rotatable bonds is 4. The molecule has 1 heterocycles. The number of amides is 1. The maximum absolute atomic E-state index is 11.7. The third-order valence-electron chi connectivity index (χ3n) is 3.83. The summed E-state index contributed by atoms with van der Waals surface area (Å²) in [6.07, 6.45) is 1.79. The maximum atomic E-state index is 11.7. The number of hydrogen-bond acceptors (Lipinski definition) is 3. The van der Waals surface area contributed by atoms with E-state index in [1.807, 2.05) is 12.1 Å². The van der Waals surface area contributed by atoms with Gasteiger partial charge in [-0.3, -0.25) is 4.79 Å². The van der Waals surface area contributed by atoms with Crippen molar-refractivity contribution in [3.63, 3.8) is 0 Å². The van der Waals surface area contributed by atoms with E-state index >= 15 is 0 Å². The molecule has 0 aliphatic carbocycles. The summed E-state index contributed by atoms with van der Waals surface area (Å²) >= 11 is 0. The van der Waals surface area contributed by atoms with Crippen LogP contribution in [0.1, 0.15) is 31.2 Å². The molecular weight excluding hydrogens is 242 g/mol. The fourth-order valence-electron chi connectivity index (χ4n) is 2.61. The lowest BCUT2D eigenvalue weighted by Crippen LogP contribution is -2.40. The van der Waals surface area contributed by atoms with E-state index in [0.717, 1.165) is 24.3 Å². The van der Waals surface area contributed by atoms with E-state index in [2.05, 4.69) is 18.3 Å². The van der Waals surface area contributed by atoms with Crippen molar-refractivity contribution in [2.75, 3.05) is 20.8 Å². The molecule has 1 amide bonds. The van der Waals surface area contributed by atoms with Gasteiger partial charge in [-0.1, -0.05) is 13.0 Å². The summed E-state index contributed by atoms with van der Waals surface area (Å²) in [7, 11) is 3.27. The van der Waals surface area contributed by atoms with Gasteiger partial charge in [0.15, 0.2) is 11.5 Å². The first-order chi connectivity index (χ1) is 9.19. The number of carbonyl (C=O) groups excluding carboxylic acids is 1. The largest absolute Gasteiger partial charge is 0.493 e. The fourth-order valence-corrected chi connectivity index (χ4v) is 2.61. The van der Waals surface area contributed by atoms with Crippen LogP contribution in [0.3, 0.4) is 0 Å². The molecule has 0 aromatic heterocycles. The predicted molar refractivity (Wildman–Crippen MR) is 73.7 cm³/mol. The fraction of sp³-hybridized carbons (Fsp3) is 0.533. The molecule has 2 atom stereocenters. The summed E-state index contributed by atoms with van der Waals surface area (Å²) in [5.41, 5.74) is 1.19. The molecule has 0 saturated carbocycles. The monoisotopic (exact) mass is 263 g/mol. The van der Waals surface area contributed by atoms with Crippen LogP contribution in [0.25, 0.3) is 0 Å². The molecule has 1 saturated heterocycles. The van der Waals surface area contributed by atoms with Gasteiger partial charge in [-0.05, 0) is 30.5 Å². The Morgan fingerprint density at radius 2 is 2.00 bits per heavy atom. The van der Waals surface area contributed by atoms with Gasteiger partial charge in [0, 0.05) is 18.4 Å². The molecule has 19 heavy (non-hydrogen) atoms. The number of hydrogen-bond donors (Lipinski definition) is 1. The maximum Gasteiger partial charge on any atom is 0.223 e. The standard InChI is InChI=1S/C15H21NO3/c1-4-10-7-12(9-16-15(10)17)11-5-6-13(18-2)14(8-11)19-3/h5-6,8,10,12H,4,7,9H2,1-3H3,(H,16,17)/t10-,12+/m0/s1. The lowest BCUT2D eigenvalue weighted by Gasteiger charge is -2.29. The van der Waals surface area contributed by atoms with Gasteiger partial charge >= 0.3 is 0 Å². The van der Waals surface area contributed by atoms with Gasteiger partial charge in [-0.2, -0.15) is 0 Å². The molecule has 2 rings (SSSR count). The smallest absolute Gasteiger partial charge is 0.223 e. The molecular formula is C15H21NO3. The molecule has 1 aromatic carbocycles. The molecule has 4 nitrogen and oxygen atoms in total. The first-order valence-corrected chi connectivity index (χ1v) is 6.69. The molecule has 1 aliphatic heterocycles. The third kappa shape index (κ3) is 2.83. The SMILES string of the molecule is CC[C@H]1C[C@@H](c2ccc(OC)c(OC)c2)CNC1=O. The molecule has 0 radical (unpaired) electrons. The van der Waals surface area contributed by atoms with Crippen LogP contribution in [0.2, 0.25) is 0 Å². The van der Waals surface area contributed by atoms with E-state index in [-0.39, 0.29) is 11.8 Å². The normalized spacial score (nSPS) is 22.8. The van der Waals surface area contributed by atoms with Gasteiger partial charge in [0.05, 0.1) is 14.2 Å². The average molecular weight is 263 g/mol. The van der Waals surface area contributed by atoms with E-state index in [1.165, 1.54) is 5.56 Å². The minimum atomic E-state index is 0.117. The number of nitrogens with one attached hydrogen (secondary N) is 1. The zero-order valence-corrected chi connectivity index (χ0v) is 11.7. The Balaban J connectivity index is 2.20. The van der Waals surface area contributed by atoms with Gasteiger partial charge in [-0.15, -0.1) is 0 Å². The minimum Gasteiger partial charge on any atom is -0.493 e. The molecule has 0 unspecified atom stereocenters. The van der Waals surface area contributed by atoms with Crippen molar-refractivity contribution in [1.29, 1.82) is 0 Å². The molecule has 104 valence electrons. The Morgan fingerprint density at radius 3 is 2.63 bits per heavy atom. The van der Waals surface area contributed by atoms with Crippen molar-refractivity contribution in [1.82, 2.24) is 5.32 Å². The highest BCUT2D eigenvalue weighted by Gasteiger charge is 2.28. The topological polar surface area (TPSA) is 47.6 Å². The lowest BCUT2D eigenvalue weighted by atomic mass is 9.84. The van der Waals surface area contributed by atoms with Crippen LogP contribution in [0.5, 0.6) is 11.5 Å². The van der Waals surface area contributed by atoms with E-state index in [9.17, 15) is 4.79 Å². The quantitative estimate of drug-likeness (QED) is 0.907. The first-order valence-electron chi connectivity index (χ1n) is 6.69. The van der Waals surface area contributed by atoms with Crippen molar-refractivity contribution < 1.29 is 14.3 Å². The summed E-state index contributed by atoms with van der Waals surface area (Å²) in [6.45, 7) is 2.76. The molecule has 1 N–H and O–H groups in total. The van der Waals surface area contributed by atoms with E-state index in [4.69, 9.17) is 9.47 Å². The molecule has 1 aliphatic rings. The summed E-state index contributed by atoms with van der Waals surface area (Å²) in [6, 6.07) is 5.98. The molecule has 4 heteroatoms. The Morgan fingerprint density at radius 1 is 1.26 bits per heavy atom. The van der Waals surface area contributed by atoms with Gasteiger partial charge in [0.2, 0.25) is 5.91 Å². The molecule has 0 bridgehead atoms. The Kier molecular flexibility index (Phi) is 4.30. The number of carbonyl (C=O) groups is 1. The van der Waals surface area contributed by atoms with E-state index in [1.54, 1.807) is 14.2 Å². The second kappa shape index (κ2) is 5.95. The summed E-state index contributed by atoms with van der Waals surface area (Å²) in [4.78, 5) is 11.7.